The van der Waals surface area contributed by atoms with E-state index in [9.17, 15) is 4.79 Å². The third-order valence-electron chi connectivity index (χ3n) is 4.48. The minimum Gasteiger partial charge on any atom is -0.497 e. The molecule has 1 saturated carbocycles. The van der Waals surface area contributed by atoms with Crippen LogP contribution in [0.25, 0.3) is 11.3 Å². The molecule has 4 rings (SSSR count). The molecule has 1 fully saturated rings. The highest BCUT2D eigenvalue weighted by Gasteiger charge is 2.27. The van der Waals surface area contributed by atoms with Gasteiger partial charge in [-0.25, -0.2) is 4.79 Å². The zero-order valence-corrected chi connectivity index (χ0v) is 15.2. The van der Waals surface area contributed by atoms with Crippen LogP contribution in [0.3, 0.4) is 0 Å². The standard InChI is InChI=1S/C19H21N5O3/c1-24-18(10-16(22-24)12-6-7-12)21-19(25)20-11-15-9-17(23-27-15)13-4-3-5-14(8-13)26-2/h3-5,8-10,12H,6-7,11H2,1-2H3,(H2,20,21,25). The van der Waals surface area contributed by atoms with E-state index in [0.717, 1.165) is 17.0 Å². The average molecular weight is 367 g/mol. The Bertz CT molecular complexity index is 958. The first-order valence-electron chi connectivity index (χ1n) is 8.81. The number of aromatic nitrogens is 3. The SMILES string of the molecule is COc1cccc(-c2cc(CNC(=O)Nc3cc(C4CC4)nn3C)on2)c1. The van der Waals surface area contributed by atoms with E-state index in [1.165, 1.54) is 12.8 Å². The molecule has 2 amide bonds. The molecule has 0 saturated heterocycles. The van der Waals surface area contributed by atoms with E-state index in [-0.39, 0.29) is 12.6 Å². The van der Waals surface area contributed by atoms with Gasteiger partial charge in [0.25, 0.3) is 0 Å². The highest BCUT2D eigenvalue weighted by Crippen LogP contribution is 2.39. The fourth-order valence-electron chi connectivity index (χ4n) is 2.83. The Morgan fingerprint density at radius 1 is 1.33 bits per heavy atom. The summed E-state index contributed by atoms with van der Waals surface area (Å²) in [5.41, 5.74) is 2.61. The van der Waals surface area contributed by atoms with E-state index in [2.05, 4.69) is 20.9 Å². The van der Waals surface area contributed by atoms with E-state index in [4.69, 9.17) is 9.26 Å². The van der Waals surface area contributed by atoms with Crippen molar-refractivity contribution in [1.82, 2.24) is 20.3 Å². The highest BCUT2D eigenvalue weighted by molar-refractivity contribution is 5.88. The largest absolute Gasteiger partial charge is 0.497 e. The maximum atomic E-state index is 12.2. The Kier molecular flexibility index (Phi) is 4.53. The van der Waals surface area contributed by atoms with Gasteiger partial charge in [0, 0.05) is 30.7 Å². The molecule has 0 aliphatic heterocycles. The number of amides is 2. The summed E-state index contributed by atoms with van der Waals surface area (Å²) in [5, 5.41) is 14.1. The smallest absolute Gasteiger partial charge is 0.320 e. The minimum atomic E-state index is -0.320. The van der Waals surface area contributed by atoms with Gasteiger partial charge in [-0.2, -0.15) is 5.10 Å². The number of nitrogens with one attached hydrogen (secondary N) is 2. The van der Waals surface area contributed by atoms with Crippen LogP contribution < -0.4 is 15.4 Å². The molecule has 8 nitrogen and oxygen atoms in total. The van der Waals surface area contributed by atoms with E-state index in [0.29, 0.717) is 23.2 Å². The molecule has 3 aromatic rings. The summed E-state index contributed by atoms with van der Waals surface area (Å²) in [7, 11) is 3.43. The van der Waals surface area contributed by atoms with Crippen LogP contribution in [0.1, 0.15) is 30.2 Å². The van der Waals surface area contributed by atoms with E-state index < -0.39 is 0 Å². The third kappa shape index (κ3) is 3.94. The van der Waals surface area contributed by atoms with Gasteiger partial charge >= 0.3 is 6.03 Å². The van der Waals surface area contributed by atoms with Crippen LogP contribution in [0.4, 0.5) is 10.6 Å². The molecule has 0 bridgehead atoms. The van der Waals surface area contributed by atoms with Crippen molar-refractivity contribution in [1.29, 1.82) is 0 Å². The molecule has 0 spiro atoms. The number of hydrogen-bond donors (Lipinski definition) is 2. The van der Waals surface area contributed by atoms with Crippen LogP contribution in [-0.4, -0.2) is 28.1 Å². The van der Waals surface area contributed by atoms with Gasteiger partial charge in [0.05, 0.1) is 19.3 Å². The number of carbonyl (C=O) groups excluding carboxylic acids is 1. The van der Waals surface area contributed by atoms with Gasteiger partial charge in [0.15, 0.2) is 5.76 Å². The molecule has 140 valence electrons. The molecule has 1 aromatic carbocycles. The third-order valence-corrected chi connectivity index (χ3v) is 4.48. The summed E-state index contributed by atoms with van der Waals surface area (Å²) < 4.78 is 12.2. The molecule has 2 heterocycles. The summed E-state index contributed by atoms with van der Waals surface area (Å²) in [5.74, 6) is 2.52. The molecule has 2 N–H and O–H groups in total. The van der Waals surface area contributed by atoms with Gasteiger partial charge in [0.2, 0.25) is 0 Å². The van der Waals surface area contributed by atoms with Crippen molar-refractivity contribution >= 4 is 11.8 Å². The minimum absolute atomic E-state index is 0.232. The Morgan fingerprint density at radius 3 is 2.96 bits per heavy atom. The first-order valence-corrected chi connectivity index (χ1v) is 8.81. The molecule has 1 aliphatic rings. The van der Waals surface area contributed by atoms with Crippen LogP contribution in [0.2, 0.25) is 0 Å². The lowest BCUT2D eigenvalue weighted by Gasteiger charge is -2.05. The maximum Gasteiger partial charge on any atom is 0.320 e. The number of benzene rings is 1. The van der Waals surface area contributed by atoms with Gasteiger partial charge < -0.3 is 14.6 Å². The van der Waals surface area contributed by atoms with E-state index in [1.54, 1.807) is 17.9 Å². The molecular weight excluding hydrogens is 346 g/mol. The molecule has 27 heavy (non-hydrogen) atoms. The molecule has 0 radical (unpaired) electrons. The number of anilines is 1. The number of methoxy groups -OCH3 is 1. The first kappa shape index (κ1) is 17.1. The number of hydrogen-bond acceptors (Lipinski definition) is 5. The van der Waals surface area contributed by atoms with Crippen LogP contribution in [-0.2, 0) is 13.6 Å². The van der Waals surface area contributed by atoms with Crippen LogP contribution in [0.15, 0.2) is 40.9 Å². The lowest BCUT2D eigenvalue weighted by molar-refractivity contribution is 0.250. The number of aryl methyl sites for hydroxylation is 1. The summed E-state index contributed by atoms with van der Waals surface area (Å²) >= 11 is 0. The summed E-state index contributed by atoms with van der Waals surface area (Å²) in [4.78, 5) is 12.2. The van der Waals surface area contributed by atoms with Crippen LogP contribution in [0.5, 0.6) is 5.75 Å². The molecule has 0 atom stereocenters. The summed E-state index contributed by atoms with van der Waals surface area (Å²) in [6.45, 7) is 0.232. The van der Waals surface area contributed by atoms with Gasteiger partial charge in [-0.15, -0.1) is 0 Å². The number of carbonyl (C=O) groups is 1. The monoisotopic (exact) mass is 367 g/mol. The molecule has 1 aliphatic carbocycles. The number of urea groups is 1. The van der Waals surface area contributed by atoms with Gasteiger partial charge in [-0.3, -0.25) is 10.00 Å². The summed E-state index contributed by atoms with van der Waals surface area (Å²) in [6, 6.07) is 10.9. The van der Waals surface area contributed by atoms with Crippen LogP contribution in [0, 0.1) is 0 Å². The molecule has 8 heteroatoms. The zero-order chi connectivity index (χ0) is 18.8. The fraction of sp³-hybridized carbons (Fsp3) is 0.316. The Balaban J connectivity index is 1.34. The van der Waals surface area contributed by atoms with Gasteiger partial charge in [0.1, 0.15) is 17.3 Å². The predicted octanol–water partition coefficient (Wildman–Crippen LogP) is 3.28. The van der Waals surface area contributed by atoms with Crippen molar-refractivity contribution < 1.29 is 14.1 Å². The van der Waals surface area contributed by atoms with E-state index in [1.807, 2.05) is 37.4 Å². The molecule has 2 aromatic heterocycles. The van der Waals surface area contributed by atoms with Gasteiger partial charge in [-0.05, 0) is 25.0 Å². The van der Waals surface area contributed by atoms with E-state index >= 15 is 0 Å². The quantitative estimate of drug-likeness (QED) is 0.697. The lowest BCUT2D eigenvalue weighted by Crippen LogP contribution is -2.28. The molecular formula is C19H21N5O3. The maximum absolute atomic E-state index is 12.2. The highest BCUT2D eigenvalue weighted by atomic mass is 16.5. The summed E-state index contributed by atoms with van der Waals surface area (Å²) in [6.07, 6.45) is 2.34. The Labute approximate surface area is 156 Å². The Morgan fingerprint density at radius 2 is 2.19 bits per heavy atom. The number of nitrogens with zero attached hydrogens (tertiary/aromatic N) is 3. The first-order chi connectivity index (χ1) is 13.1. The second kappa shape index (κ2) is 7.14. The topological polar surface area (TPSA) is 94.2 Å². The second-order valence-corrected chi connectivity index (χ2v) is 6.57. The average Bonchev–Trinajstić information content (AvgIpc) is 3.31. The van der Waals surface area contributed by atoms with Crippen LogP contribution >= 0.6 is 0 Å². The van der Waals surface area contributed by atoms with Crippen molar-refractivity contribution in [2.45, 2.75) is 25.3 Å². The number of rotatable bonds is 6. The molecule has 0 unspecified atom stereocenters. The van der Waals surface area contributed by atoms with Crippen molar-refractivity contribution in [2.24, 2.45) is 7.05 Å². The zero-order valence-electron chi connectivity index (χ0n) is 15.2. The predicted molar refractivity (Wildman–Crippen MR) is 99.5 cm³/mol. The normalized spacial score (nSPS) is 13.4. The Hall–Kier alpha value is -3.29. The van der Waals surface area contributed by atoms with Crippen molar-refractivity contribution in [3.8, 4) is 17.0 Å². The second-order valence-electron chi connectivity index (χ2n) is 6.57. The van der Waals surface area contributed by atoms with Crippen molar-refractivity contribution in [2.75, 3.05) is 12.4 Å². The van der Waals surface area contributed by atoms with Crippen molar-refractivity contribution in [3.63, 3.8) is 0 Å². The van der Waals surface area contributed by atoms with Crippen molar-refractivity contribution in [3.05, 3.63) is 47.9 Å². The fourth-order valence-corrected chi connectivity index (χ4v) is 2.83. The lowest BCUT2D eigenvalue weighted by atomic mass is 10.1. The number of ether oxygens (including phenoxy) is 1. The van der Waals surface area contributed by atoms with Gasteiger partial charge in [-0.1, -0.05) is 17.3 Å².